The summed E-state index contributed by atoms with van der Waals surface area (Å²) in [4.78, 5) is 8.98. The number of hydrogen-bond acceptors (Lipinski definition) is 2. The molecule has 0 aliphatic carbocycles. The Balaban J connectivity index is 2.09. The predicted octanol–water partition coefficient (Wildman–Crippen LogP) is 5.31. The summed E-state index contributed by atoms with van der Waals surface area (Å²) in [5.41, 5.74) is 0. The van der Waals surface area contributed by atoms with E-state index in [2.05, 4.69) is 46.4 Å². The molecule has 0 atom stereocenters. The SMILES string of the molecule is Clc1ccnc(CP(Cl)(c2ccccc2)(c2ccccc2)c2ccccc2)n1. The third kappa shape index (κ3) is 3.22. The minimum absolute atomic E-state index is 0.418. The van der Waals surface area contributed by atoms with Crippen LogP contribution in [0.4, 0.5) is 0 Å². The van der Waals surface area contributed by atoms with Gasteiger partial charge < -0.3 is 0 Å². The van der Waals surface area contributed by atoms with Gasteiger partial charge in [0.2, 0.25) is 0 Å². The summed E-state index contributed by atoms with van der Waals surface area (Å²) in [6, 6.07) is 32.5. The molecule has 0 amide bonds. The molecule has 2 nitrogen and oxygen atoms in total. The summed E-state index contributed by atoms with van der Waals surface area (Å²) in [5.74, 6) is -2.78. The Hall–Kier alpha value is -2.25. The molecule has 0 aliphatic heterocycles. The number of nitrogens with zero attached hydrogens (tertiary/aromatic N) is 2. The van der Waals surface area contributed by atoms with Crippen LogP contribution in [0.2, 0.25) is 5.15 Å². The molecule has 5 heteroatoms. The summed E-state index contributed by atoms with van der Waals surface area (Å²) >= 11 is 14.1. The van der Waals surface area contributed by atoms with E-state index in [1.807, 2.05) is 54.6 Å². The van der Waals surface area contributed by atoms with Gasteiger partial charge in [-0.25, -0.2) is 0 Å². The Kier molecular flexibility index (Phi) is 5.21. The zero-order valence-electron chi connectivity index (χ0n) is 15.1. The maximum absolute atomic E-state index is 7.97. The summed E-state index contributed by atoms with van der Waals surface area (Å²) in [6.45, 7) is 0. The molecule has 0 N–H and O–H groups in total. The number of rotatable bonds is 5. The first kappa shape index (κ1) is 19.1. The van der Waals surface area contributed by atoms with Crippen LogP contribution < -0.4 is 15.9 Å². The van der Waals surface area contributed by atoms with E-state index in [-0.39, 0.29) is 0 Å². The van der Waals surface area contributed by atoms with E-state index < -0.39 is 5.96 Å². The third-order valence-electron chi connectivity index (χ3n) is 4.99. The van der Waals surface area contributed by atoms with Gasteiger partial charge in [-0.05, 0) is 0 Å². The van der Waals surface area contributed by atoms with Crippen molar-refractivity contribution in [1.82, 2.24) is 9.97 Å². The van der Waals surface area contributed by atoms with Crippen LogP contribution in [0.1, 0.15) is 5.82 Å². The maximum atomic E-state index is 7.97. The fraction of sp³-hybridized carbons (Fsp3) is 0.0435. The van der Waals surface area contributed by atoms with E-state index in [1.165, 1.54) is 0 Å². The van der Waals surface area contributed by atoms with Gasteiger partial charge in [0, 0.05) is 0 Å². The molecule has 0 fully saturated rings. The second-order valence-electron chi connectivity index (χ2n) is 6.64. The molecule has 0 saturated heterocycles. The monoisotopic (exact) mass is 424 g/mol. The van der Waals surface area contributed by atoms with E-state index >= 15 is 0 Å². The van der Waals surface area contributed by atoms with E-state index in [0.29, 0.717) is 17.1 Å². The Bertz CT molecular complexity index is 974. The molecular weight excluding hydrogens is 406 g/mol. The third-order valence-corrected chi connectivity index (χ3v) is 12.3. The van der Waals surface area contributed by atoms with Gasteiger partial charge in [-0.2, -0.15) is 0 Å². The van der Waals surface area contributed by atoms with E-state index in [9.17, 15) is 0 Å². The van der Waals surface area contributed by atoms with Crippen LogP contribution in [0.3, 0.4) is 0 Å². The van der Waals surface area contributed by atoms with Crippen LogP contribution in [0.5, 0.6) is 0 Å². The van der Waals surface area contributed by atoms with Gasteiger partial charge in [-0.3, -0.25) is 0 Å². The quantitative estimate of drug-likeness (QED) is 0.320. The molecule has 0 aliphatic rings. The van der Waals surface area contributed by atoms with Gasteiger partial charge in [0.05, 0.1) is 0 Å². The molecule has 0 bridgehead atoms. The van der Waals surface area contributed by atoms with Gasteiger partial charge in [0.15, 0.2) is 0 Å². The number of hydrogen-bond donors (Lipinski definition) is 0. The molecule has 4 rings (SSSR count). The Morgan fingerprint density at radius 1 is 0.643 bits per heavy atom. The Morgan fingerprint density at radius 2 is 1.07 bits per heavy atom. The fourth-order valence-corrected chi connectivity index (χ4v) is 9.65. The summed E-state index contributed by atoms with van der Waals surface area (Å²) in [7, 11) is 0. The molecular formula is C23H19Cl2N2P. The first-order chi connectivity index (χ1) is 13.6. The molecule has 28 heavy (non-hydrogen) atoms. The predicted molar refractivity (Wildman–Crippen MR) is 122 cm³/mol. The molecule has 1 aromatic heterocycles. The molecule has 0 spiro atoms. The molecule has 3 aromatic carbocycles. The molecule has 0 radical (unpaired) electrons. The van der Waals surface area contributed by atoms with Crippen LogP contribution in [0, 0.1) is 0 Å². The molecule has 140 valence electrons. The number of aromatic nitrogens is 2. The van der Waals surface area contributed by atoms with Crippen LogP contribution in [-0.2, 0) is 6.16 Å². The first-order valence-electron chi connectivity index (χ1n) is 8.98. The Morgan fingerprint density at radius 3 is 1.46 bits per heavy atom. The molecule has 0 saturated carbocycles. The van der Waals surface area contributed by atoms with Crippen molar-refractivity contribution in [2.75, 3.05) is 0 Å². The van der Waals surface area contributed by atoms with Crippen LogP contribution in [-0.4, -0.2) is 9.97 Å². The zero-order chi connectivity index (χ0) is 19.5. The minimum atomic E-state index is -3.41. The van der Waals surface area contributed by atoms with Crippen molar-refractivity contribution in [2.24, 2.45) is 0 Å². The van der Waals surface area contributed by atoms with E-state index in [4.69, 9.17) is 22.8 Å². The summed E-state index contributed by atoms with van der Waals surface area (Å²) in [5, 5.41) is 3.66. The van der Waals surface area contributed by atoms with Crippen LogP contribution in [0.25, 0.3) is 0 Å². The van der Waals surface area contributed by atoms with Gasteiger partial charge in [0.25, 0.3) is 0 Å². The van der Waals surface area contributed by atoms with Crippen molar-refractivity contribution in [2.45, 2.75) is 6.16 Å². The zero-order valence-corrected chi connectivity index (χ0v) is 17.5. The Labute approximate surface area is 174 Å². The van der Waals surface area contributed by atoms with E-state index in [1.54, 1.807) is 12.3 Å². The summed E-state index contributed by atoms with van der Waals surface area (Å²) in [6.07, 6.45) is 2.16. The van der Waals surface area contributed by atoms with Crippen molar-refractivity contribution >= 4 is 44.7 Å². The number of halogens is 2. The van der Waals surface area contributed by atoms with Gasteiger partial charge in [0.1, 0.15) is 0 Å². The standard InChI is InChI=1S/C23H19Cl2N2P/c24-22-16-17-26-23(27-22)18-28(25,19-10-4-1-5-11-19,20-12-6-2-7-13-20)21-14-8-3-9-15-21/h1-17H,18H2. The average Bonchev–Trinajstić information content (AvgIpc) is 2.76. The average molecular weight is 425 g/mol. The first-order valence-corrected chi connectivity index (χ1v) is 12.7. The summed E-state index contributed by atoms with van der Waals surface area (Å²) < 4.78 is 0. The second kappa shape index (κ2) is 7.64. The van der Waals surface area contributed by atoms with Crippen molar-refractivity contribution in [1.29, 1.82) is 0 Å². The molecule has 4 aromatic rings. The van der Waals surface area contributed by atoms with Crippen LogP contribution in [0.15, 0.2) is 103 Å². The van der Waals surface area contributed by atoms with Crippen molar-refractivity contribution in [3.63, 3.8) is 0 Å². The van der Waals surface area contributed by atoms with E-state index in [0.717, 1.165) is 15.9 Å². The normalized spacial score (nSPS) is 12.9. The van der Waals surface area contributed by atoms with Crippen molar-refractivity contribution in [3.8, 4) is 0 Å². The second-order valence-corrected chi connectivity index (χ2v) is 13.5. The number of benzene rings is 3. The topological polar surface area (TPSA) is 25.8 Å². The van der Waals surface area contributed by atoms with Crippen LogP contribution >= 0.6 is 28.8 Å². The van der Waals surface area contributed by atoms with Gasteiger partial charge in [-0.1, -0.05) is 0 Å². The van der Waals surface area contributed by atoms with Gasteiger partial charge >= 0.3 is 175 Å². The van der Waals surface area contributed by atoms with Gasteiger partial charge in [-0.15, -0.1) is 0 Å². The van der Waals surface area contributed by atoms with Crippen molar-refractivity contribution in [3.05, 3.63) is 114 Å². The van der Waals surface area contributed by atoms with Crippen molar-refractivity contribution < 1.29 is 0 Å². The molecule has 1 heterocycles. The fourth-order valence-electron chi connectivity index (χ4n) is 3.65. The molecule has 0 unspecified atom stereocenters.